The molecule has 1 heterocycles. The predicted octanol–water partition coefficient (Wildman–Crippen LogP) is 1.74. The van der Waals surface area contributed by atoms with E-state index in [1.165, 1.54) is 28.6 Å². The van der Waals surface area contributed by atoms with Gasteiger partial charge in [0, 0.05) is 13.1 Å². The van der Waals surface area contributed by atoms with Crippen molar-refractivity contribution >= 4 is 10.0 Å². The van der Waals surface area contributed by atoms with Gasteiger partial charge in [-0.2, -0.15) is 4.31 Å². The molecule has 1 aliphatic rings. The monoisotopic (exact) mass is 364 g/mol. The van der Waals surface area contributed by atoms with Crippen LogP contribution >= 0.6 is 0 Å². The van der Waals surface area contributed by atoms with Crippen molar-refractivity contribution in [2.45, 2.75) is 29.9 Å². The largest absolute Gasteiger partial charge is 0.383 e. The van der Waals surface area contributed by atoms with E-state index < -0.39 is 27.5 Å². The van der Waals surface area contributed by atoms with E-state index in [1.807, 2.05) is 6.92 Å². The van der Waals surface area contributed by atoms with Crippen LogP contribution in [0.1, 0.15) is 17.5 Å². The second-order valence-electron chi connectivity index (χ2n) is 6.46. The molecule has 25 heavy (non-hydrogen) atoms. The van der Waals surface area contributed by atoms with E-state index in [1.54, 1.807) is 24.3 Å². The van der Waals surface area contributed by atoms with E-state index in [9.17, 15) is 17.9 Å². The molecule has 0 spiro atoms. The third-order valence-corrected chi connectivity index (χ3v) is 6.64. The topological polar surface area (TPSA) is 83.6 Å². The molecule has 2 aromatic rings. The number of hydrogen-bond acceptors (Lipinski definition) is 4. The Hall–Kier alpha value is -1.80. The van der Waals surface area contributed by atoms with Crippen LogP contribution in [0.3, 0.4) is 0 Å². The fraction of sp³-hybridized carbons (Fsp3) is 0.333. The molecule has 0 amide bonds. The molecular weight excluding hydrogens is 343 g/mol. The molecule has 0 aliphatic carbocycles. The van der Waals surface area contributed by atoms with Crippen molar-refractivity contribution in [1.82, 2.24) is 4.31 Å². The van der Waals surface area contributed by atoms with E-state index >= 15 is 0 Å². The fourth-order valence-corrected chi connectivity index (χ4v) is 4.58. The minimum absolute atomic E-state index is 0.00984. The zero-order valence-corrected chi connectivity index (χ0v) is 14.7. The van der Waals surface area contributed by atoms with Gasteiger partial charge < -0.3 is 10.8 Å². The van der Waals surface area contributed by atoms with Gasteiger partial charge in [-0.25, -0.2) is 12.8 Å². The number of halogens is 1. The molecule has 7 heteroatoms. The van der Waals surface area contributed by atoms with E-state index in [-0.39, 0.29) is 24.4 Å². The smallest absolute Gasteiger partial charge is 0.243 e. The van der Waals surface area contributed by atoms with Crippen molar-refractivity contribution in [3.63, 3.8) is 0 Å². The number of hydrogen-bond donors (Lipinski definition) is 2. The van der Waals surface area contributed by atoms with Gasteiger partial charge in [-0.3, -0.25) is 0 Å². The maximum atomic E-state index is 13.1. The van der Waals surface area contributed by atoms with Gasteiger partial charge in [0.15, 0.2) is 0 Å². The molecule has 1 fully saturated rings. The van der Waals surface area contributed by atoms with Crippen LogP contribution in [0.25, 0.3) is 0 Å². The maximum absolute atomic E-state index is 13.1. The summed E-state index contributed by atoms with van der Waals surface area (Å²) in [5.41, 5.74) is 6.21. The lowest BCUT2D eigenvalue weighted by atomic mass is 9.81. The fourth-order valence-electron chi connectivity index (χ4n) is 3.12. The van der Waals surface area contributed by atoms with Crippen molar-refractivity contribution in [2.75, 3.05) is 13.1 Å². The van der Waals surface area contributed by atoms with E-state index in [0.717, 1.165) is 5.56 Å². The van der Waals surface area contributed by atoms with Crippen molar-refractivity contribution in [3.8, 4) is 0 Å². The SMILES string of the molecule is Cc1ccc(S(=O)(=O)N2CC[C@@](O)(c3ccc(F)cc3)[C@@H](N)C2)cc1. The minimum atomic E-state index is -3.67. The van der Waals surface area contributed by atoms with Crippen LogP contribution in [0.2, 0.25) is 0 Å². The maximum Gasteiger partial charge on any atom is 0.243 e. The van der Waals surface area contributed by atoms with E-state index in [2.05, 4.69) is 0 Å². The number of benzene rings is 2. The van der Waals surface area contributed by atoms with Gasteiger partial charge in [0.25, 0.3) is 0 Å². The van der Waals surface area contributed by atoms with Crippen LogP contribution in [0.5, 0.6) is 0 Å². The van der Waals surface area contributed by atoms with Gasteiger partial charge in [0.2, 0.25) is 10.0 Å². The highest BCUT2D eigenvalue weighted by Gasteiger charge is 2.44. The summed E-state index contributed by atoms with van der Waals surface area (Å²) in [6.45, 7) is 2.01. The van der Waals surface area contributed by atoms with Crippen LogP contribution in [0.15, 0.2) is 53.4 Å². The molecular formula is C18H21FN2O3S. The Morgan fingerprint density at radius 3 is 2.32 bits per heavy atom. The average molecular weight is 364 g/mol. The molecule has 3 N–H and O–H groups in total. The first-order valence-corrected chi connectivity index (χ1v) is 9.48. The highest BCUT2D eigenvalue weighted by Crippen LogP contribution is 2.34. The zero-order valence-electron chi connectivity index (χ0n) is 13.9. The average Bonchev–Trinajstić information content (AvgIpc) is 2.58. The van der Waals surface area contributed by atoms with Gasteiger partial charge in [-0.05, 0) is 43.2 Å². The van der Waals surface area contributed by atoms with Crippen molar-refractivity contribution in [2.24, 2.45) is 5.73 Å². The van der Waals surface area contributed by atoms with E-state index in [4.69, 9.17) is 5.73 Å². The third-order valence-electron chi connectivity index (χ3n) is 4.76. The first-order chi connectivity index (χ1) is 11.7. The lowest BCUT2D eigenvalue weighted by molar-refractivity contribution is -0.0281. The number of nitrogens with two attached hydrogens (primary N) is 1. The molecule has 1 saturated heterocycles. The first kappa shape index (κ1) is 18.0. The minimum Gasteiger partial charge on any atom is -0.383 e. The molecule has 2 atom stereocenters. The summed E-state index contributed by atoms with van der Waals surface area (Å²) < 4.78 is 40.0. The molecule has 1 aliphatic heterocycles. The standard InChI is InChI=1S/C18H21FN2O3S/c1-13-2-8-16(9-3-13)25(23,24)21-11-10-18(22,17(20)12-21)14-4-6-15(19)7-5-14/h2-9,17,22H,10-12,20H2,1H3/t17-,18+/m0/s1. The van der Waals surface area contributed by atoms with Crippen LogP contribution < -0.4 is 5.73 Å². The Labute approximate surface area is 146 Å². The summed E-state index contributed by atoms with van der Waals surface area (Å²) in [5.74, 6) is -0.402. The summed E-state index contributed by atoms with van der Waals surface area (Å²) in [6, 6.07) is 11.3. The number of rotatable bonds is 3. The molecule has 0 unspecified atom stereocenters. The zero-order chi connectivity index (χ0) is 18.2. The van der Waals surface area contributed by atoms with Crippen LogP contribution in [-0.2, 0) is 15.6 Å². The second-order valence-corrected chi connectivity index (χ2v) is 8.40. The molecule has 5 nitrogen and oxygen atoms in total. The normalized spacial score (nSPS) is 25.0. The second kappa shape index (κ2) is 6.49. The van der Waals surface area contributed by atoms with Gasteiger partial charge in [0.05, 0.1) is 10.9 Å². The highest BCUT2D eigenvalue weighted by molar-refractivity contribution is 7.89. The highest BCUT2D eigenvalue weighted by atomic mass is 32.2. The summed E-state index contributed by atoms with van der Waals surface area (Å²) in [7, 11) is -3.67. The molecule has 134 valence electrons. The Bertz CT molecular complexity index is 853. The van der Waals surface area contributed by atoms with Crippen LogP contribution in [0, 0.1) is 12.7 Å². The number of piperidine rings is 1. The van der Waals surface area contributed by atoms with Crippen molar-refractivity contribution in [3.05, 3.63) is 65.5 Å². The number of sulfonamides is 1. The summed E-state index contributed by atoms with van der Waals surface area (Å²) >= 11 is 0. The lowest BCUT2D eigenvalue weighted by Crippen LogP contribution is -2.58. The number of aliphatic hydroxyl groups is 1. The van der Waals surface area contributed by atoms with Gasteiger partial charge in [0.1, 0.15) is 11.4 Å². The molecule has 0 bridgehead atoms. The summed E-state index contributed by atoms with van der Waals surface area (Å²) in [5, 5.41) is 10.9. The lowest BCUT2D eigenvalue weighted by Gasteiger charge is -2.42. The van der Waals surface area contributed by atoms with Gasteiger partial charge in [-0.15, -0.1) is 0 Å². The van der Waals surface area contributed by atoms with E-state index in [0.29, 0.717) is 5.56 Å². The Balaban J connectivity index is 1.83. The van der Waals surface area contributed by atoms with Crippen molar-refractivity contribution in [1.29, 1.82) is 0 Å². The number of aryl methyl sites for hydroxylation is 1. The molecule has 0 aromatic heterocycles. The van der Waals surface area contributed by atoms with Crippen LogP contribution in [0.4, 0.5) is 4.39 Å². The summed E-state index contributed by atoms with van der Waals surface area (Å²) in [6.07, 6.45) is 0.144. The molecule has 2 aromatic carbocycles. The third kappa shape index (κ3) is 3.32. The Morgan fingerprint density at radius 1 is 1.16 bits per heavy atom. The molecule has 0 radical (unpaired) electrons. The first-order valence-electron chi connectivity index (χ1n) is 8.04. The van der Waals surface area contributed by atoms with Gasteiger partial charge >= 0.3 is 0 Å². The number of nitrogens with zero attached hydrogens (tertiary/aromatic N) is 1. The van der Waals surface area contributed by atoms with Crippen LogP contribution in [-0.4, -0.2) is 37.0 Å². The quantitative estimate of drug-likeness (QED) is 0.869. The van der Waals surface area contributed by atoms with Gasteiger partial charge in [-0.1, -0.05) is 29.8 Å². The predicted molar refractivity (Wildman–Crippen MR) is 92.8 cm³/mol. The summed E-state index contributed by atoms with van der Waals surface area (Å²) in [4.78, 5) is 0.206. The molecule has 0 saturated carbocycles. The molecule has 3 rings (SSSR count). The Kier molecular flexibility index (Phi) is 4.68. The van der Waals surface area contributed by atoms with Crippen molar-refractivity contribution < 1.29 is 17.9 Å². The Morgan fingerprint density at radius 2 is 1.76 bits per heavy atom.